The van der Waals surface area contributed by atoms with Crippen LogP contribution in [0.5, 0.6) is 0 Å². The molecule has 0 aliphatic heterocycles. The molecule has 0 spiro atoms. The molecule has 0 aliphatic carbocycles. The molecule has 4 nitrogen and oxygen atoms in total. The van der Waals surface area contributed by atoms with Crippen LogP contribution in [0.15, 0.2) is 30.3 Å². The zero-order valence-electron chi connectivity index (χ0n) is 8.68. The quantitative estimate of drug-likeness (QED) is 0.388. The predicted molar refractivity (Wildman–Crippen MR) is 57.5 cm³/mol. The number of hydrogen-bond acceptors (Lipinski definition) is 3. The third-order valence-corrected chi connectivity index (χ3v) is 2.44. The number of carbonyl (C=O) groups excluding carboxylic acids is 1. The molecule has 0 aromatic heterocycles. The lowest BCUT2D eigenvalue weighted by Crippen LogP contribution is -2.38. The molecule has 1 amide bonds. The van der Waals surface area contributed by atoms with Crippen LogP contribution < -0.4 is 11.3 Å². The van der Waals surface area contributed by atoms with Gasteiger partial charge < -0.3 is 5.11 Å². The molecule has 1 rings (SSSR count). The fourth-order valence-corrected chi connectivity index (χ4v) is 1.54. The van der Waals surface area contributed by atoms with Gasteiger partial charge in [0.1, 0.15) is 0 Å². The van der Waals surface area contributed by atoms with Crippen molar-refractivity contribution < 1.29 is 9.90 Å². The molecule has 0 heterocycles. The molecule has 0 bridgehead atoms. The van der Waals surface area contributed by atoms with Crippen molar-refractivity contribution in [1.29, 1.82) is 0 Å². The van der Waals surface area contributed by atoms with Crippen LogP contribution in [0.4, 0.5) is 0 Å². The normalized spacial score (nSPS) is 14.3. The Morgan fingerprint density at radius 2 is 2.07 bits per heavy atom. The minimum atomic E-state index is -0.806. The average Bonchev–Trinajstić information content (AvgIpc) is 2.30. The van der Waals surface area contributed by atoms with Crippen LogP contribution in [-0.4, -0.2) is 11.0 Å². The summed E-state index contributed by atoms with van der Waals surface area (Å²) in [5.41, 5.74) is 2.80. The highest BCUT2D eigenvalue weighted by atomic mass is 16.3. The molecular formula is C11H16N2O2. The average molecular weight is 208 g/mol. The van der Waals surface area contributed by atoms with Crippen molar-refractivity contribution in [2.75, 3.05) is 0 Å². The first-order chi connectivity index (χ1) is 7.20. The number of benzene rings is 1. The Bertz CT molecular complexity index is 314. The summed E-state index contributed by atoms with van der Waals surface area (Å²) >= 11 is 0. The highest BCUT2D eigenvalue weighted by molar-refractivity contribution is 5.78. The lowest BCUT2D eigenvalue weighted by atomic mass is 9.93. The summed E-state index contributed by atoms with van der Waals surface area (Å²) < 4.78 is 0. The van der Waals surface area contributed by atoms with Crippen molar-refractivity contribution in [3.8, 4) is 0 Å². The van der Waals surface area contributed by atoms with Gasteiger partial charge >= 0.3 is 0 Å². The van der Waals surface area contributed by atoms with E-state index < -0.39 is 12.0 Å². The first-order valence-corrected chi connectivity index (χ1v) is 4.94. The third kappa shape index (κ3) is 2.78. The topological polar surface area (TPSA) is 75.4 Å². The number of nitrogens with one attached hydrogen (secondary N) is 1. The van der Waals surface area contributed by atoms with E-state index >= 15 is 0 Å². The zero-order chi connectivity index (χ0) is 11.3. The lowest BCUT2D eigenvalue weighted by molar-refractivity contribution is -0.129. The van der Waals surface area contributed by atoms with Gasteiger partial charge in [-0.15, -0.1) is 0 Å². The largest absolute Gasteiger partial charge is 0.388 e. The van der Waals surface area contributed by atoms with Gasteiger partial charge in [-0.25, -0.2) is 5.84 Å². The van der Waals surface area contributed by atoms with Gasteiger partial charge in [0.25, 0.3) is 0 Å². The van der Waals surface area contributed by atoms with Crippen molar-refractivity contribution in [2.45, 2.75) is 19.4 Å². The number of amides is 1. The molecule has 0 saturated heterocycles. The Morgan fingerprint density at radius 3 is 2.53 bits per heavy atom. The Kier molecular flexibility index (Phi) is 4.27. The Hall–Kier alpha value is -1.39. The summed E-state index contributed by atoms with van der Waals surface area (Å²) in [6.07, 6.45) is -0.265. The van der Waals surface area contributed by atoms with E-state index in [0.717, 1.165) is 5.56 Å². The highest BCUT2D eigenvalue weighted by Crippen LogP contribution is 2.24. The van der Waals surface area contributed by atoms with E-state index in [2.05, 4.69) is 5.43 Å². The van der Waals surface area contributed by atoms with Gasteiger partial charge in [0.15, 0.2) is 0 Å². The maximum Gasteiger partial charge on any atom is 0.239 e. The Morgan fingerprint density at radius 1 is 1.47 bits per heavy atom. The molecule has 2 atom stereocenters. The minimum absolute atomic E-state index is 0.339. The second-order valence-corrected chi connectivity index (χ2v) is 3.38. The maximum atomic E-state index is 11.4. The molecule has 0 aliphatic rings. The fourth-order valence-electron chi connectivity index (χ4n) is 1.54. The number of hydrazine groups is 1. The van der Waals surface area contributed by atoms with Gasteiger partial charge in [-0.1, -0.05) is 37.3 Å². The Labute approximate surface area is 89.1 Å². The van der Waals surface area contributed by atoms with Gasteiger partial charge in [-0.05, 0) is 12.0 Å². The van der Waals surface area contributed by atoms with Crippen LogP contribution in [0.25, 0.3) is 0 Å². The van der Waals surface area contributed by atoms with Crippen molar-refractivity contribution >= 4 is 5.91 Å². The van der Waals surface area contributed by atoms with Gasteiger partial charge in [-0.3, -0.25) is 10.2 Å². The zero-order valence-corrected chi connectivity index (χ0v) is 8.68. The van der Waals surface area contributed by atoms with E-state index in [0.29, 0.717) is 6.42 Å². The molecule has 4 N–H and O–H groups in total. The van der Waals surface area contributed by atoms with E-state index in [-0.39, 0.29) is 5.91 Å². The maximum absolute atomic E-state index is 11.4. The molecule has 0 radical (unpaired) electrons. The van der Waals surface area contributed by atoms with Gasteiger partial charge in [0.2, 0.25) is 5.91 Å². The monoisotopic (exact) mass is 208 g/mol. The van der Waals surface area contributed by atoms with Crippen LogP contribution in [0, 0.1) is 5.92 Å². The van der Waals surface area contributed by atoms with Gasteiger partial charge in [0.05, 0.1) is 12.0 Å². The SMILES string of the molecule is CC[C@H](C(=O)NN)[C@H](O)c1ccccc1. The lowest BCUT2D eigenvalue weighted by Gasteiger charge is -2.19. The second-order valence-electron chi connectivity index (χ2n) is 3.38. The van der Waals surface area contributed by atoms with Crippen molar-refractivity contribution in [3.05, 3.63) is 35.9 Å². The molecule has 1 aromatic carbocycles. The molecular weight excluding hydrogens is 192 g/mol. The molecule has 0 saturated carbocycles. The van der Waals surface area contributed by atoms with E-state index in [1.165, 1.54) is 0 Å². The number of nitrogens with two attached hydrogens (primary N) is 1. The summed E-state index contributed by atoms with van der Waals surface area (Å²) in [5.74, 6) is 4.21. The standard InChI is InChI=1S/C11H16N2O2/c1-2-9(11(15)13-12)10(14)8-6-4-3-5-7-8/h3-7,9-10,14H,2,12H2,1H3,(H,13,15)/t9-,10+/m0/s1. The van der Waals surface area contributed by atoms with Crippen molar-refractivity contribution in [3.63, 3.8) is 0 Å². The summed E-state index contributed by atoms with van der Waals surface area (Å²) in [7, 11) is 0. The van der Waals surface area contributed by atoms with Crippen LogP contribution in [0.1, 0.15) is 25.0 Å². The van der Waals surface area contributed by atoms with Crippen LogP contribution in [0.2, 0.25) is 0 Å². The highest BCUT2D eigenvalue weighted by Gasteiger charge is 2.25. The predicted octanol–water partition coefficient (Wildman–Crippen LogP) is 0.736. The van der Waals surface area contributed by atoms with E-state index in [1.807, 2.05) is 25.1 Å². The van der Waals surface area contributed by atoms with Crippen molar-refractivity contribution in [1.82, 2.24) is 5.43 Å². The summed E-state index contributed by atoms with van der Waals surface area (Å²) in [4.78, 5) is 11.4. The number of rotatable bonds is 4. The molecule has 1 aromatic rings. The summed E-state index contributed by atoms with van der Waals surface area (Å²) in [6, 6.07) is 9.09. The molecule has 82 valence electrons. The van der Waals surface area contributed by atoms with Gasteiger partial charge in [-0.2, -0.15) is 0 Å². The van der Waals surface area contributed by atoms with Crippen molar-refractivity contribution in [2.24, 2.45) is 11.8 Å². The smallest absolute Gasteiger partial charge is 0.239 e. The summed E-state index contributed by atoms with van der Waals surface area (Å²) in [5, 5.41) is 9.97. The second kappa shape index (κ2) is 5.48. The first-order valence-electron chi connectivity index (χ1n) is 4.94. The molecule has 15 heavy (non-hydrogen) atoms. The summed E-state index contributed by atoms with van der Waals surface area (Å²) in [6.45, 7) is 1.84. The van der Waals surface area contributed by atoms with E-state index in [4.69, 9.17) is 5.84 Å². The Balaban J connectivity index is 2.82. The number of aliphatic hydroxyl groups excluding tert-OH is 1. The van der Waals surface area contributed by atoms with Gasteiger partial charge in [0, 0.05) is 0 Å². The molecule has 4 heteroatoms. The van der Waals surface area contributed by atoms with E-state index in [1.54, 1.807) is 12.1 Å². The van der Waals surface area contributed by atoms with Crippen LogP contribution in [-0.2, 0) is 4.79 Å². The number of carbonyl (C=O) groups is 1. The van der Waals surface area contributed by atoms with Crippen LogP contribution in [0.3, 0.4) is 0 Å². The fraction of sp³-hybridized carbons (Fsp3) is 0.364. The number of aliphatic hydroxyl groups is 1. The minimum Gasteiger partial charge on any atom is -0.388 e. The van der Waals surface area contributed by atoms with E-state index in [9.17, 15) is 9.90 Å². The molecule has 0 fully saturated rings. The first kappa shape index (κ1) is 11.7. The molecule has 0 unspecified atom stereocenters. The van der Waals surface area contributed by atoms with Crippen LogP contribution >= 0.6 is 0 Å². The third-order valence-electron chi connectivity index (χ3n) is 2.44. The number of hydrogen-bond donors (Lipinski definition) is 3.